The summed E-state index contributed by atoms with van der Waals surface area (Å²) in [4.78, 5) is 7.97. The van der Waals surface area contributed by atoms with Crippen LogP contribution in [0.15, 0.2) is 36.4 Å². The molecule has 1 aromatic heterocycles. The van der Waals surface area contributed by atoms with Crippen molar-refractivity contribution in [3.05, 3.63) is 42.0 Å². The molecular formula is C16H17N3O2. The fourth-order valence-electron chi connectivity index (χ4n) is 2.38. The second-order valence-electron chi connectivity index (χ2n) is 4.67. The van der Waals surface area contributed by atoms with Crippen molar-refractivity contribution in [2.45, 2.75) is 6.54 Å². The number of hydrogen-bond donors (Lipinski definition) is 2. The molecule has 0 aliphatic carbocycles. The Bertz CT molecular complexity index is 780. The van der Waals surface area contributed by atoms with Crippen LogP contribution < -0.4 is 15.2 Å². The summed E-state index contributed by atoms with van der Waals surface area (Å²) >= 11 is 0. The minimum absolute atomic E-state index is 0.460. The average molecular weight is 283 g/mol. The summed E-state index contributed by atoms with van der Waals surface area (Å²) < 4.78 is 10.6. The maximum absolute atomic E-state index is 5.76. The van der Waals surface area contributed by atoms with E-state index in [0.29, 0.717) is 12.3 Å². The molecular weight excluding hydrogens is 266 g/mol. The van der Waals surface area contributed by atoms with E-state index in [1.165, 1.54) is 0 Å². The largest absolute Gasteiger partial charge is 0.497 e. The van der Waals surface area contributed by atoms with Gasteiger partial charge in [0.2, 0.25) is 0 Å². The molecule has 3 N–H and O–H groups in total. The number of methoxy groups -OCH3 is 2. The predicted octanol–water partition coefficient (Wildman–Crippen LogP) is 2.71. The number of H-pyrrole nitrogens is 1. The summed E-state index contributed by atoms with van der Waals surface area (Å²) in [6, 6.07) is 11.6. The van der Waals surface area contributed by atoms with E-state index in [1.807, 2.05) is 36.4 Å². The Morgan fingerprint density at radius 2 is 2.00 bits per heavy atom. The number of nitrogens with zero attached hydrogens (tertiary/aromatic N) is 1. The van der Waals surface area contributed by atoms with Gasteiger partial charge in [-0.1, -0.05) is 12.1 Å². The Balaban J connectivity index is 2.16. The van der Waals surface area contributed by atoms with Gasteiger partial charge in [0.15, 0.2) is 0 Å². The Labute approximate surface area is 122 Å². The molecule has 0 unspecified atom stereocenters. The van der Waals surface area contributed by atoms with Gasteiger partial charge in [-0.2, -0.15) is 0 Å². The van der Waals surface area contributed by atoms with E-state index in [4.69, 9.17) is 15.2 Å². The Hall–Kier alpha value is -2.53. The summed E-state index contributed by atoms with van der Waals surface area (Å²) in [6.45, 7) is 0.460. The van der Waals surface area contributed by atoms with Crippen molar-refractivity contribution in [2.24, 2.45) is 5.73 Å². The van der Waals surface area contributed by atoms with Crippen LogP contribution in [0.5, 0.6) is 11.5 Å². The Morgan fingerprint density at radius 1 is 1.14 bits per heavy atom. The molecule has 1 heterocycles. The predicted molar refractivity (Wildman–Crippen MR) is 82.5 cm³/mol. The van der Waals surface area contributed by atoms with Crippen LogP contribution in [0.3, 0.4) is 0 Å². The molecule has 5 nitrogen and oxygen atoms in total. The number of hydrogen-bond acceptors (Lipinski definition) is 4. The first-order chi connectivity index (χ1) is 10.3. The van der Waals surface area contributed by atoms with E-state index in [2.05, 4.69) is 9.97 Å². The smallest absolute Gasteiger partial charge is 0.142 e. The first-order valence-corrected chi connectivity index (χ1v) is 6.67. The molecule has 0 saturated carbocycles. The first-order valence-electron chi connectivity index (χ1n) is 6.67. The minimum Gasteiger partial charge on any atom is -0.497 e. The van der Waals surface area contributed by atoms with Crippen molar-refractivity contribution in [2.75, 3.05) is 14.2 Å². The molecule has 3 rings (SSSR count). The van der Waals surface area contributed by atoms with E-state index in [-0.39, 0.29) is 0 Å². The van der Waals surface area contributed by atoms with Crippen LogP contribution in [0.1, 0.15) is 5.56 Å². The maximum Gasteiger partial charge on any atom is 0.142 e. The molecule has 0 bridgehead atoms. The van der Waals surface area contributed by atoms with Crippen LogP contribution in [0.25, 0.3) is 22.4 Å². The summed E-state index contributed by atoms with van der Waals surface area (Å²) in [5.41, 5.74) is 9.53. The van der Waals surface area contributed by atoms with Gasteiger partial charge in [0.1, 0.15) is 17.3 Å². The van der Waals surface area contributed by atoms with Gasteiger partial charge >= 0.3 is 0 Å². The van der Waals surface area contributed by atoms with Crippen molar-refractivity contribution in [3.8, 4) is 22.9 Å². The SMILES string of the molecule is COc1ccc(-c2nc3c(CN)cccc3[nH]2)c(OC)c1. The lowest BCUT2D eigenvalue weighted by Crippen LogP contribution is -1.96. The lowest BCUT2D eigenvalue weighted by molar-refractivity contribution is 0.395. The van der Waals surface area contributed by atoms with Crippen molar-refractivity contribution in [3.63, 3.8) is 0 Å². The van der Waals surface area contributed by atoms with Gasteiger partial charge in [-0.3, -0.25) is 0 Å². The van der Waals surface area contributed by atoms with E-state index < -0.39 is 0 Å². The normalized spacial score (nSPS) is 10.8. The van der Waals surface area contributed by atoms with Crippen LogP contribution in [0.4, 0.5) is 0 Å². The second kappa shape index (κ2) is 5.46. The number of benzene rings is 2. The molecule has 0 amide bonds. The van der Waals surface area contributed by atoms with Crippen LogP contribution >= 0.6 is 0 Å². The monoisotopic (exact) mass is 283 g/mol. The topological polar surface area (TPSA) is 73.2 Å². The third kappa shape index (κ3) is 2.32. The van der Waals surface area contributed by atoms with Gasteiger partial charge in [0.25, 0.3) is 0 Å². The quantitative estimate of drug-likeness (QED) is 0.772. The standard InChI is InChI=1S/C16H17N3O2/c1-20-11-6-7-12(14(8-11)21-2)16-18-13-5-3-4-10(9-17)15(13)19-16/h3-8H,9,17H2,1-2H3,(H,18,19). The number of fused-ring (bicyclic) bond motifs is 1. The minimum atomic E-state index is 0.460. The van der Waals surface area contributed by atoms with Gasteiger partial charge in [-0.15, -0.1) is 0 Å². The van der Waals surface area contributed by atoms with E-state index in [1.54, 1.807) is 14.2 Å². The molecule has 3 aromatic rings. The summed E-state index contributed by atoms with van der Waals surface area (Å²) in [5, 5.41) is 0. The third-order valence-corrected chi connectivity index (χ3v) is 3.48. The average Bonchev–Trinajstić information content (AvgIpc) is 2.97. The number of nitrogens with two attached hydrogens (primary N) is 1. The van der Waals surface area contributed by atoms with E-state index in [0.717, 1.165) is 33.7 Å². The molecule has 0 aliphatic rings. The fraction of sp³-hybridized carbons (Fsp3) is 0.188. The fourth-order valence-corrected chi connectivity index (χ4v) is 2.38. The molecule has 0 atom stereocenters. The molecule has 108 valence electrons. The third-order valence-electron chi connectivity index (χ3n) is 3.48. The number of aromatic nitrogens is 2. The summed E-state index contributed by atoms with van der Waals surface area (Å²) in [7, 11) is 3.26. The van der Waals surface area contributed by atoms with Gasteiger partial charge < -0.3 is 20.2 Å². The molecule has 0 saturated heterocycles. The molecule has 0 aliphatic heterocycles. The molecule has 0 radical (unpaired) electrons. The molecule has 0 fully saturated rings. The summed E-state index contributed by atoms with van der Waals surface area (Å²) in [5.74, 6) is 2.21. The number of imidazole rings is 1. The number of ether oxygens (including phenoxy) is 2. The van der Waals surface area contributed by atoms with Gasteiger partial charge in [-0.25, -0.2) is 4.98 Å². The highest BCUT2D eigenvalue weighted by Crippen LogP contribution is 2.33. The highest BCUT2D eigenvalue weighted by Gasteiger charge is 2.13. The van der Waals surface area contributed by atoms with E-state index >= 15 is 0 Å². The van der Waals surface area contributed by atoms with Crippen molar-refractivity contribution in [1.82, 2.24) is 9.97 Å². The zero-order valence-corrected chi connectivity index (χ0v) is 12.0. The van der Waals surface area contributed by atoms with Crippen LogP contribution in [0.2, 0.25) is 0 Å². The number of aromatic amines is 1. The van der Waals surface area contributed by atoms with Crippen molar-refractivity contribution >= 4 is 11.0 Å². The molecule has 21 heavy (non-hydrogen) atoms. The second-order valence-corrected chi connectivity index (χ2v) is 4.67. The Morgan fingerprint density at radius 3 is 2.71 bits per heavy atom. The number of nitrogens with one attached hydrogen (secondary N) is 1. The zero-order valence-electron chi connectivity index (χ0n) is 12.0. The summed E-state index contributed by atoms with van der Waals surface area (Å²) in [6.07, 6.45) is 0. The van der Waals surface area contributed by atoms with Gasteiger partial charge in [0, 0.05) is 12.6 Å². The van der Waals surface area contributed by atoms with E-state index in [9.17, 15) is 0 Å². The highest BCUT2D eigenvalue weighted by molar-refractivity contribution is 5.83. The first kappa shape index (κ1) is 13.5. The molecule has 5 heteroatoms. The lowest BCUT2D eigenvalue weighted by Gasteiger charge is -2.08. The number of rotatable bonds is 4. The van der Waals surface area contributed by atoms with Gasteiger partial charge in [-0.05, 0) is 23.8 Å². The van der Waals surface area contributed by atoms with Crippen LogP contribution in [-0.2, 0) is 6.54 Å². The molecule has 2 aromatic carbocycles. The highest BCUT2D eigenvalue weighted by atomic mass is 16.5. The lowest BCUT2D eigenvalue weighted by atomic mass is 10.2. The Kier molecular flexibility index (Phi) is 3.50. The van der Waals surface area contributed by atoms with Crippen LogP contribution in [-0.4, -0.2) is 24.2 Å². The molecule has 0 spiro atoms. The van der Waals surface area contributed by atoms with Gasteiger partial charge in [0.05, 0.1) is 30.8 Å². The van der Waals surface area contributed by atoms with Crippen molar-refractivity contribution < 1.29 is 9.47 Å². The maximum atomic E-state index is 5.76. The van der Waals surface area contributed by atoms with Crippen LogP contribution in [0, 0.1) is 0 Å². The van der Waals surface area contributed by atoms with Crippen molar-refractivity contribution in [1.29, 1.82) is 0 Å². The number of para-hydroxylation sites is 1. The zero-order chi connectivity index (χ0) is 14.8.